The molecule has 3 heteroatoms. The van der Waals surface area contributed by atoms with Crippen LogP contribution >= 0.6 is 0 Å². The molecule has 1 saturated carbocycles. The quantitative estimate of drug-likeness (QED) is 0.757. The second-order valence-electron chi connectivity index (χ2n) is 4.40. The number of aromatic amines is 1. The van der Waals surface area contributed by atoms with Gasteiger partial charge >= 0.3 is 0 Å². The summed E-state index contributed by atoms with van der Waals surface area (Å²) in [6, 6.07) is 0.0175. The van der Waals surface area contributed by atoms with Gasteiger partial charge in [-0.1, -0.05) is 12.8 Å². The molecular weight excluding hydrogens is 174 g/mol. The summed E-state index contributed by atoms with van der Waals surface area (Å²) in [6.45, 7) is 4.07. The van der Waals surface area contributed by atoms with E-state index in [1.165, 1.54) is 37.1 Å². The van der Waals surface area contributed by atoms with Crippen LogP contribution in [0.2, 0.25) is 0 Å². The molecule has 0 saturated heterocycles. The zero-order chi connectivity index (χ0) is 10.1. The van der Waals surface area contributed by atoms with Gasteiger partial charge in [0.05, 0.1) is 11.7 Å². The standard InChI is InChI=1S/C11H19N3/c1-7(12)11-13-8(2)10(14-11)9-5-3-4-6-9/h7,9H,3-6,12H2,1-2H3,(H,13,14). The number of H-pyrrole nitrogens is 1. The van der Waals surface area contributed by atoms with E-state index in [-0.39, 0.29) is 6.04 Å². The van der Waals surface area contributed by atoms with Crippen molar-refractivity contribution >= 4 is 0 Å². The number of rotatable bonds is 2. The molecule has 1 aliphatic rings. The van der Waals surface area contributed by atoms with Crippen LogP contribution in [0.5, 0.6) is 0 Å². The van der Waals surface area contributed by atoms with Gasteiger partial charge in [-0.15, -0.1) is 0 Å². The van der Waals surface area contributed by atoms with Gasteiger partial charge in [0.15, 0.2) is 0 Å². The van der Waals surface area contributed by atoms with Gasteiger partial charge in [0, 0.05) is 11.6 Å². The van der Waals surface area contributed by atoms with E-state index in [1.54, 1.807) is 0 Å². The van der Waals surface area contributed by atoms with Crippen LogP contribution in [-0.2, 0) is 0 Å². The van der Waals surface area contributed by atoms with Crippen LogP contribution < -0.4 is 5.73 Å². The van der Waals surface area contributed by atoms with Crippen LogP contribution in [0.4, 0.5) is 0 Å². The molecule has 0 bridgehead atoms. The van der Waals surface area contributed by atoms with E-state index < -0.39 is 0 Å². The molecule has 0 aliphatic heterocycles. The molecular formula is C11H19N3. The van der Waals surface area contributed by atoms with Gasteiger partial charge in [0.1, 0.15) is 5.82 Å². The number of hydrogen-bond donors (Lipinski definition) is 2. The number of imidazole rings is 1. The molecule has 1 atom stereocenters. The highest BCUT2D eigenvalue weighted by Gasteiger charge is 2.22. The maximum atomic E-state index is 5.80. The van der Waals surface area contributed by atoms with E-state index in [0.29, 0.717) is 5.92 Å². The van der Waals surface area contributed by atoms with Crippen LogP contribution in [0, 0.1) is 6.92 Å². The molecule has 0 radical (unpaired) electrons. The van der Waals surface area contributed by atoms with Crippen LogP contribution in [0.3, 0.4) is 0 Å². The Balaban J connectivity index is 2.24. The minimum absolute atomic E-state index is 0.0175. The highest BCUT2D eigenvalue weighted by atomic mass is 15.0. The van der Waals surface area contributed by atoms with Crippen molar-refractivity contribution < 1.29 is 0 Å². The number of nitrogens with one attached hydrogen (secondary N) is 1. The molecule has 0 amide bonds. The molecule has 1 unspecified atom stereocenters. The first-order valence-corrected chi connectivity index (χ1v) is 5.50. The van der Waals surface area contributed by atoms with Gasteiger partial charge in [-0.2, -0.15) is 0 Å². The zero-order valence-electron chi connectivity index (χ0n) is 9.01. The lowest BCUT2D eigenvalue weighted by Crippen LogP contribution is -2.07. The third kappa shape index (κ3) is 1.69. The molecule has 0 spiro atoms. The van der Waals surface area contributed by atoms with Crippen LogP contribution in [-0.4, -0.2) is 9.97 Å². The summed E-state index contributed by atoms with van der Waals surface area (Å²) >= 11 is 0. The third-order valence-electron chi connectivity index (χ3n) is 3.11. The van der Waals surface area contributed by atoms with E-state index in [4.69, 9.17) is 5.73 Å². The Morgan fingerprint density at radius 3 is 2.57 bits per heavy atom. The fourth-order valence-electron chi connectivity index (χ4n) is 2.31. The van der Waals surface area contributed by atoms with E-state index in [0.717, 1.165) is 5.82 Å². The maximum Gasteiger partial charge on any atom is 0.123 e. The minimum atomic E-state index is 0.0175. The summed E-state index contributed by atoms with van der Waals surface area (Å²) in [5, 5.41) is 0. The monoisotopic (exact) mass is 193 g/mol. The van der Waals surface area contributed by atoms with Crippen molar-refractivity contribution in [1.29, 1.82) is 0 Å². The summed E-state index contributed by atoms with van der Waals surface area (Å²) in [4.78, 5) is 7.90. The lowest BCUT2D eigenvalue weighted by molar-refractivity contribution is 0.686. The Labute approximate surface area is 85.1 Å². The van der Waals surface area contributed by atoms with E-state index in [1.807, 2.05) is 6.92 Å². The summed E-state index contributed by atoms with van der Waals surface area (Å²) in [7, 11) is 0. The third-order valence-corrected chi connectivity index (χ3v) is 3.11. The van der Waals surface area contributed by atoms with E-state index in [2.05, 4.69) is 16.9 Å². The lowest BCUT2D eigenvalue weighted by Gasteiger charge is -2.05. The lowest BCUT2D eigenvalue weighted by atomic mass is 10.0. The zero-order valence-corrected chi connectivity index (χ0v) is 9.01. The van der Waals surface area contributed by atoms with Gasteiger partial charge in [-0.25, -0.2) is 4.98 Å². The Morgan fingerprint density at radius 2 is 2.07 bits per heavy atom. The molecule has 1 aromatic heterocycles. The minimum Gasteiger partial charge on any atom is -0.345 e. The molecule has 0 aromatic carbocycles. The average molecular weight is 193 g/mol. The van der Waals surface area contributed by atoms with Gasteiger partial charge in [-0.05, 0) is 26.7 Å². The van der Waals surface area contributed by atoms with Crippen molar-refractivity contribution in [2.75, 3.05) is 0 Å². The van der Waals surface area contributed by atoms with Crippen LogP contribution in [0.15, 0.2) is 0 Å². The molecule has 1 aromatic rings. The van der Waals surface area contributed by atoms with Crippen molar-refractivity contribution in [3.05, 3.63) is 17.2 Å². The molecule has 14 heavy (non-hydrogen) atoms. The fraction of sp³-hybridized carbons (Fsp3) is 0.727. The average Bonchev–Trinajstić information content (AvgIpc) is 2.71. The predicted molar refractivity (Wildman–Crippen MR) is 57.1 cm³/mol. The number of hydrogen-bond acceptors (Lipinski definition) is 2. The number of aryl methyl sites for hydroxylation is 1. The molecule has 1 aliphatic carbocycles. The highest BCUT2D eigenvalue weighted by Crippen LogP contribution is 2.34. The second-order valence-corrected chi connectivity index (χ2v) is 4.40. The van der Waals surface area contributed by atoms with E-state index in [9.17, 15) is 0 Å². The molecule has 78 valence electrons. The molecule has 1 fully saturated rings. The van der Waals surface area contributed by atoms with Crippen molar-refractivity contribution in [3.8, 4) is 0 Å². The SMILES string of the molecule is Cc1[nH]c(C(C)N)nc1C1CCCC1. The van der Waals surface area contributed by atoms with Gasteiger partial charge in [-0.3, -0.25) is 0 Å². The van der Waals surface area contributed by atoms with Crippen LogP contribution in [0.1, 0.15) is 61.8 Å². The van der Waals surface area contributed by atoms with Crippen molar-refractivity contribution in [2.45, 2.75) is 51.5 Å². The topological polar surface area (TPSA) is 54.7 Å². The fourth-order valence-corrected chi connectivity index (χ4v) is 2.31. The first kappa shape index (κ1) is 9.71. The Hall–Kier alpha value is -0.830. The second kappa shape index (κ2) is 3.73. The summed E-state index contributed by atoms with van der Waals surface area (Å²) < 4.78 is 0. The Bertz CT molecular complexity index is 308. The van der Waals surface area contributed by atoms with Gasteiger partial charge < -0.3 is 10.7 Å². The summed E-state index contributed by atoms with van der Waals surface area (Å²) in [5.41, 5.74) is 8.27. The molecule has 3 N–H and O–H groups in total. The molecule has 2 rings (SSSR count). The first-order valence-electron chi connectivity index (χ1n) is 5.50. The summed E-state index contributed by atoms with van der Waals surface area (Å²) in [5.74, 6) is 1.61. The molecule has 1 heterocycles. The predicted octanol–water partition coefficient (Wildman–Crippen LogP) is 2.40. The first-order chi connectivity index (χ1) is 6.68. The number of aromatic nitrogens is 2. The van der Waals surface area contributed by atoms with Crippen molar-refractivity contribution in [2.24, 2.45) is 5.73 Å². The van der Waals surface area contributed by atoms with Gasteiger partial charge in [0.25, 0.3) is 0 Å². The normalized spacial score (nSPS) is 20.2. The Morgan fingerprint density at radius 1 is 1.43 bits per heavy atom. The van der Waals surface area contributed by atoms with Crippen molar-refractivity contribution in [3.63, 3.8) is 0 Å². The highest BCUT2D eigenvalue weighted by molar-refractivity contribution is 5.19. The molecule has 3 nitrogen and oxygen atoms in total. The Kier molecular flexibility index (Phi) is 2.59. The number of nitrogens with zero attached hydrogens (tertiary/aromatic N) is 1. The van der Waals surface area contributed by atoms with Gasteiger partial charge in [0.2, 0.25) is 0 Å². The van der Waals surface area contributed by atoms with E-state index >= 15 is 0 Å². The smallest absolute Gasteiger partial charge is 0.123 e. The summed E-state index contributed by atoms with van der Waals surface area (Å²) in [6.07, 6.45) is 5.29. The van der Waals surface area contributed by atoms with Crippen molar-refractivity contribution in [1.82, 2.24) is 9.97 Å². The largest absolute Gasteiger partial charge is 0.345 e. The maximum absolute atomic E-state index is 5.80. The van der Waals surface area contributed by atoms with Crippen LogP contribution in [0.25, 0.3) is 0 Å². The number of nitrogens with two attached hydrogens (primary N) is 1.